The maximum atomic E-state index is 12.1. The quantitative estimate of drug-likeness (QED) is 0.864. The van der Waals surface area contributed by atoms with E-state index in [0.29, 0.717) is 32.6 Å². The lowest BCUT2D eigenvalue weighted by molar-refractivity contribution is 0.384. The number of benzene rings is 1. The molecule has 0 spiro atoms. The van der Waals surface area contributed by atoms with Gasteiger partial charge in [-0.2, -0.15) is 8.68 Å². The zero-order valence-corrected chi connectivity index (χ0v) is 13.7. The maximum absolute atomic E-state index is 12.1. The van der Waals surface area contributed by atoms with Crippen molar-refractivity contribution in [2.75, 3.05) is 36.8 Å². The highest BCUT2D eigenvalue weighted by Gasteiger charge is 2.27. The highest BCUT2D eigenvalue weighted by atomic mass is 32.2. The van der Waals surface area contributed by atoms with E-state index in [2.05, 4.69) is 21.4 Å². The first-order valence-corrected chi connectivity index (χ1v) is 9.57. The lowest BCUT2D eigenvalue weighted by atomic mass is 10.2. The molecule has 3 rings (SSSR count). The number of nitrogens with zero attached hydrogens (tertiary/aromatic N) is 3. The van der Waals surface area contributed by atoms with Gasteiger partial charge in [-0.3, -0.25) is 0 Å². The smallest absolute Gasteiger partial charge is 0.214 e. The number of fused-ring (bicyclic) bond motifs is 1. The fraction of sp³-hybridized carbons (Fsp3) is 0.500. The second kappa shape index (κ2) is 5.90. The molecule has 5 nitrogen and oxygen atoms in total. The van der Waals surface area contributed by atoms with Gasteiger partial charge in [0.1, 0.15) is 5.82 Å². The van der Waals surface area contributed by atoms with Crippen molar-refractivity contribution < 1.29 is 8.42 Å². The monoisotopic (exact) mass is 325 g/mol. The summed E-state index contributed by atoms with van der Waals surface area (Å²) >= 11 is 1.50. The van der Waals surface area contributed by atoms with Crippen LogP contribution < -0.4 is 4.90 Å². The molecule has 114 valence electrons. The van der Waals surface area contributed by atoms with Crippen LogP contribution in [0.5, 0.6) is 0 Å². The van der Waals surface area contributed by atoms with Crippen molar-refractivity contribution in [3.8, 4) is 0 Å². The van der Waals surface area contributed by atoms with Crippen LogP contribution in [0, 0.1) is 0 Å². The van der Waals surface area contributed by atoms with Crippen LogP contribution in [0.1, 0.15) is 13.3 Å². The molecule has 0 amide bonds. The summed E-state index contributed by atoms with van der Waals surface area (Å²) in [6, 6.07) is 8.18. The zero-order chi connectivity index (χ0) is 14.9. The van der Waals surface area contributed by atoms with Crippen molar-refractivity contribution >= 4 is 37.5 Å². The number of piperazine rings is 1. The van der Waals surface area contributed by atoms with E-state index >= 15 is 0 Å². The summed E-state index contributed by atoms with van der Waals surface area (Å²) in [7, 11) is -3.08. The Hall–Kier alpha value is -1.18. The predicted octanol–water partition coefficient (Wildman–Crippen LogP) is 2.16. The molecule has 2 heterocycles. The molecule has 0 saturated carbocycles. The van der Waals surface area contributed by atoms with E-state index < -0.39 is 10.0 Å². The van der Waals surface area contributed by atoms with E-state index in [-0.39, 0.29) is 5.75 Å². The van der Waals surface area contributed by atoms with Crippen molar-refractivity contribution in [3.63, 3.8) is 0 Å². The van der Waals surface area contributed by atoms with Crippen LogP contribution in [0.4, 0.5) is 5.82 Å². The Labute approximate surface area is 129 Å². The van der Waals surface area contributed by atoms with Gasteiger partial charge in [0.05, 0.1) is 10.5 Å². The molecule has 1 saturated heterocycles. The van der Waals surface area contributed by atoms with Gasteiger partial charge in [-0.1, -0.05) is 19.1 Å². The molecule has 0 unspecified atom stereocenters. The van der Waals surface area contributed by atoms with Gasteiger partial charge in [0.25, 0.3) is 0 Å². The summed E-state index contributed by atoms with van der Waals surface area (Å²) in [5.74, 6) is 1.23. The highest BCUT2D eigenvalue weighted by Crippen LogP contribution is 2.30. The number of hydrogen-bond donors (Lipinski definition) is 0. The van der Waals surface area contributed by atoms with Crippen molar-refractivity contribution in [1.82, 2.24) is 8.68 Å². The largest absolute Gasteiger partial charge is 0.353 e. The van der Waals surface area contributed by atoms with Crippen molar-refractivity contribution in [3.05, 3.63) is 24.3 Å². The number of hydrogen-bond acceptors (Lipinski definition) is 5. The Balaban J connectivity index is 1.74. The zero-order valence-electron chi connectivity index (χ0n) is 12.0. The molecule has 1 aromatic heterocycles. The first-order valence-electron chi connectivity index (χ1n) is 7.19. The van der Waals surface area contributed by atoms with E-state index in [4.69, 9.17) is 0 Å². The maximum Gasteiger partial charge on any atom is 0.214 e. The summed E-state index contributed by atoms with van der Waals surface area (Å²) in [4.78, 5) is 2.19. The van der Waals surface area contributed by atoms with Crippen molar-refractivity contribution in [1.29, 1.82) is 0 Å². The van der Waals surface area contributed by atoms with E-state index in [1.807, 2.05) is 19.1 Å². The van der Waals surface area contributed by atoms with Crippen molar-refractivity contribution in [2.45, 2.75) is 13.3 Å². The van der Waals surface area contributed by atoms with Gasteiger partial charge in [0.2, 0.25) is 10.0 Å². The second-order valence-corrected chi connectivity index (χ2v) is 8.10. The number of aromatic nitrogens is 1. The predicted molar refractivity (Wildman–Crippen MR) is 87.5 cm³/mol. The fourth-order valence-corrected chi connectivity index (χ4v) is 4.96. The number of anilines is 1. The Bertz CT molecular complexity index is 719. The van der Waals surface area contributed by atoms with Gasteiger partial charge in [0, 0.05) is 31.6 Å². The lowest BCUT2D eigenvalue weighted by Gasteiger charge is -2.34. The number of rotatable bonds is 4. The minimum Gasteiger partial charge on any atom is -0.353 e. The molecule has 1 fully saturated rings. The molecule has 7 heteroatoms. The van der Waals surface area contributed by atoms with E-state index in [9.17, 15) is 8.42 Å². The lowest BCUT2D eigenvalue weighted by Crippen LogP contribution is -2.49. The third-order valence-electron chi connectivity index (χ3n) is 3.75. The third kappa shape index (κ3) is 2.90. The van der Waals surface area contributed by atoms with Crippen LogP contribution in [0.15, 0.2) is 24.3 Å². The normalized spacial score (nSPS) is 17.5. The molecule has 0 N–H and O–H groups in total. The van der Waals surface area contributed by atoms with Gasteiger partial charge in [-0.15, -0.1) is 0 Å². The first-order chi connectivity index (χ1) is 10.1. The molecule has 1 aromatic carbocycles. The Morgan fingerprint density at radius 2 is 1.90 bits per heavy atom. The Morgan fingerprint density at radius 3 is 2.62 bits per heavy atom. The standard InChI is InChI=1S/C14H19N3O2S2/c1-2-11-21(18,19)17-9-7-16(8-10-17)14-12-5-3-4-6-13(12)20-15-14/h3-6H,2,7-11H2,1H3. The number of sulfonamides is 1. The summed E-state index contributed by atoms with van der Waals surface area (Å²) in [5, 5.41) is 1.16. The van der Waals surface area contributed by atoms with E-state index in [1.54, 1.807) is 4.31 Å². The topological polar surface area (TPSA) is 53.5 Å². The molecule has 21 heavy (non-hydrogen) atoms. The van der Waals surface area contributed by atoms with Gasteiger partial charge < -0.3 is 4.90 Å². The molecular weight excluding hydrogens is 306 g/mol. The van der Waals surface area contributed by atoms with Gasteiger partial charge in [-0.25, -0.2) is 8.42 Å². The van der Waals surface area contributed by atoms with E-state index in [0.717, 1.165) is 11.2 Å². The molecule has 2 aromatic rings. The summed E-state index contributed by atoms with van der Waals surface area (Å²) < 4.78 is 31.5. The summed E-state index contributed by atoms with van der Waals surface area (Å²) in [6.07, 6.45) is 0.666. The van der Waals surface area contributed by atoms with Crippen LogP contribution >= 0.6 is 11.5 Å². The van der Waals surface area contributed by atoms with Gasteiger partial charge in [0.15, 0.2) is 0 Å². The average Bonchev–Trinajstić information content (AvgIpc) is 2.91. The summed E-state index contributed by atoms with van der Waals surface area (Å²) in [6.45, 7) is 4.41. The molecule has 0 atom stereocenters. The molecule has 1 aliphatic heterocycles. The first kappa shape index (κ1) is 14.7. The van der Waals surface area contributed by atoms with Crippen LogP contribution in [0.2, 0.25) is 0 Å². The van der Waals surface area contributed by atoms with Crippen molar-refractivity contribution in [2.24, 2.45) is 0 Å². The molecule has 0 radical (unpaired) electrons. The third-order valence-corrected chi connectivity index (χ3v) is 6.65. The van der Waals surface area contributed by atoms with Gasteiger partial charge in [-0.05, 0) is 30.1 Å². The Kier molecular flexibility index (Phi) is 4.14. The van der Waals surface area contributed by atoms with Crippen LogP contribution in [-0.4, -0.2) is 49.0 Å². The minimum atomic E-state index is -3.08. The van der Waals surface area contributed by atoms with Crippen LogP contribution in [-0.2, 0) is 10.0 Å². The fourth-order valence-electron chi connectivity index (χ4n) is 2.67. The molecule has 1 aliphatic rings. The second-order valence-electron chi connectivity index (χ2n) is 5.20. The molecular formula is C14H19N3O2S2. The van der Waals surface area contributed by atoms with Gasteiger partial charge >= 0.3 is 0 Å². The van der Waals surface area contributed by atoms with E-state index in [1.165, 1.54) is 16.2 Å². The molecule has 0 bridgehead atoms. The van der Waals surface area contributed by atoms with Crippen LogP contribution in [0.3, 0.4) is 0 Å². The highest BCUT2D eigenvalue weighted by molar-refractivity contribution is 7.89. The van der Waals surface area contributed by atoms with Crippen LogP contribution in [0.25, 0.3) is 10.1 Å². The SMILES string of the molecule is CCCS(=O)(=O)N1CCN(c2nsc3ccccc23)CC1. The molecule has 0 aliphatic carbocycles. The minimum absolute atomic E-state index is 0.243. The Morgan fingerprint density at radius 1 is 1.19 bits per heavy atom. The summed E-state index contributed by atoms with van der Waals surface area (Å²) in [5.41, 5.74) is 0. The average molecular weight is 325 g/mol.